The molecule has 1 aliphatic heterocycles. The number of aromatic nitrogens is 2. The van der Waals surface area contributed by atoms with Crippen molar-refractivity contribution in [1.82, 2.24) is 9.78 Å². The molecule has 1 aromatic heterocycles. The van der Waals surface area contributed by atoms with Crippen LogP contribution < -0.4 is 10.1 Å². The standard InChI is InChI=1S/C20H18ClN3O3/c1-11-19-13(12-7-8-16(25)17(9-12)27-2)10-18(26)22-20(19)24(23-11)15-6-4-3-5-14(15)21/h3-9,13,25H,10H2,1-2H3,(H,22,26). The van der Waals surface area contributed by atoms with E-state index >= 15 is 0 Å². The molecular formula is C20H18ClN3O3. The molecule has 4 rings (SSSR count). The number of nitrogens with one attached hydrogen (secondary N) is 1. The summed E-state index contributed by atoms with van der Waals surface area (Å²) in [6.45, 7) is 1.91. The molecule has 0 spiro atoms. The first kappa shape index (κ1) is 17.4. The van der Waals surface area contributed by atoms with Gasteiger partial charge in [-0.25, -0.2) is 4.68 Å². The number of carbonyl (C=O) groups is 1. The van der Waals surface area contributed by atoms with Crippen molar-refractivity contribution in [2.24, 2.45) is 0 Å². The van der Waals surface area contributed by atoms with Gasteiger partial charge in [0.05, 0.1) is 23.5 Å². The average Bonchev–Trinajstić information content (AvgIpc) is 2.98. The lowest BCUT2D eigenvalue weighted by atomic mass is 9.85. The van der Waals surface area contributed by atoms with E-state index in [1.165, 1.54) is 7.11 Å². The van der Waals surface area contributed by atoms with Crippen molar-refractivity contribution < 1.29 is 14.6 Å². The fourth-order valence-corrected chi connectivity index (χ4v) is 3.76. The van der Waals surface area contributed by atoms with Crippen LogP contribution >= 0.6 is 11.6 Å². The molecule has 138 valence electrons. The number of carbonyl (C=O) groups excluding carboxylic acids is 1. The quantitative estimate of drug-likeness (QED) is 0.716. The molecule has 2 heterocycles. The summed E-state index contributed by atoms with van der Waals surface area (Å²) >= 11 is 6.34. The third kappa shape index (κ3) is 2.92. The van der Waals surface area contributed by atoms with Gasteiger partial charge in [-0.3, -0.25) is 4.79 Å². The molecule has 2 N–H and O–H groups in total. The van der Waals surface area contributed by atoms with Crippen LogP contribution in [0.1, 0.15) is 29.2 Å². The Hall–Kier alpha value is -2.99. The normalized spacial score (nSPS) is 16.0. The van der Waals surface area contributed by atoms with Gasteiger partial charge in [-0.2, -0.15) is 5.10 Å². The van der Waals surface area contributed by atoms with Gasteiger partial charge in [0, 0.05) is 17.9 Å². The summed E-state index contributed by atoms with van der Waals surface area (Å²) in [5.41, 5.74) is 3.32. The van der Waals surface area contributed by atoms with E-state index in [1.54, 1.807) is 28.9 Å². The minimum atomic E-state index is -0.195. The van der Waals surface area contributed by atoms with Gasteiger partial charge in [0.1, 0.15) is 5.82 Å². The van der Waals surface area contributed by atoms with E-state index in [4.69, 9.17) is 16.3 Å². The number of anilines is 1. The number of aromatic hydroxyl groups is 1. The summed E-state index contributed by atoms with van der Waals surface area (Å²) in [5.74, 6) is 0.752. The number of hydrogen-bond donors (Lipinski definition) is 2. The number of halogens is 1. The highest BCUT2D eigenvalue weighted by Gasteiger charge is 2.33. The van der Waals surface area contributed by atoms with Crippen molar-refractivity contribution in [2.45, 2.75) is 19.3 Å². The molecule has 27 heavy (non-hydrogen) atoms. The van der Waals surface area contributed by atoms with Crippen LogP contribution in [0, 0.1) is 6.92 Å². The van der Waals surface area contributed by atoms with E-state index in [1.807, 2.05) is 25.1 Å². The molecule has 0 saturated carbocycles. The maximum Gasteiger partial charge on any atom is 0.226 e. The summed E-state index contributed by atoms with van der Waals surface area (Å²) < 4.78 is 6.90. The Bertz CT molecular complexity index is 1040. The molecule has 1 aliphatic rings. The maximum absolute atomic E-state index is 12.4. The van der Waals surface area contributed by atoms with E-state index in [0.29, 0.717) is 22.3 Å². The number of rotatable bonds is 3. The van der Waals surface area contributed by atoms with Crippen molar-refractivity contribution in [1.29, 1.82) is 0 Å². The lowest BCUT2D eigenvalue weighted by molar-refractivity contribution is -0.116. The Kier molecular flexibility index (Phi) is 4.28. The van der Waals surface area contributed by atoms with Crippen LogP contribution in [0.25, 0.3) is 5.69 Å². The number of phenols is 1. The third-order valence-electron chi connectivity index (χ3n) is 4.79. The van der Waals surface area contributed by atoms with Crippen LogP contribution in [0.15, 0.2) is 42.5 Å². The fraction of sp³-hybridized carbons (Fsp3) is 0.200. The molecule has 1 atom stereocenters. The second kappa shape index (κ2) is 6.63. The largest absolute Gasteiger partial charge is 0.504 e. The monoisotopic (exact) mass is 383 g/mol. The average molecular weight is 384 g/mol. The predicted molar refractivity (Wildman–Crippen MR) is 103 cm³/mol. The number of ether oxygens (including phenoxy) is 1. The van der Waals surface area contributed by atoms with Crippen molar-refractivity contribution >= 4 is 23.3 Å². The molecule has 0 radical (unpaired) electrons. The lowest BCUT2D eigenvalue weighted by Crippen LogP contribution is -2.25. The van der Waals surface area contributed by atoms with Crippen LogP contribution in [-0.4, -0.2) is 27.9 Å². The second-order valence-corrected chi connectivity index (χ2v) is 6.85. The number of methoxy groups -OCH3 is 1. The smallest absolute Gasteiger partial charge is 0.226 e. The number of fused-ring (bicyclic) bond motifs is 1. The minimum Gasteiger partial charge on any atom is -0.504 e. The van der Waals surface area contributed by atoms with E-state index in [0.717, 1.165) is 16.8 Å². The van der Waals surface area contributed by atoms with E-state index in [2.05, 4.69) is 10.4 Å². The molecule has 7 heteroatoms. The van der Waals surface area contributed by atoms with Crippen molar-refractivity contribution in [3.05, 3.63) is 64.3 Å². The summed E-state index contributed by atoms with van der Waals surface area (Å²) in [7, 11) is 1.50. The summed E-state index contributed by atoms with van der Waals surface area (Å²) in [6.07, 6.45) is 0.288. The van der Waals surface area contributed by atoms with Gasteiger partial charge in [-0.1, -0.05) is 29.8 Å². The fourth-order valence-electron chi connectivity index (χ4n) is 3.54. The first-order valence-corrected chi connectivity index (χ1v) is 8.88. The first-order chi connectivity index (χ1) is 13.0. The van der Waals surface area contributed by atoms with Crippen molar-refractivity contribution in [2.75, 3.05) is 12.4 Å². The molecule has 1 amide bonds. The van der Waals surface area contributed by atoms with Crippen LogP contribution in [0.3, 0.4) is 0 Å². The highest BCUT2D eigenvalue weighted by Crippen LogP contribution is 2.42. The predicted octanol–water partition coefficient (Wildman–Crippen LogP) is 4.02. The molecule has 0 bridgehead atoms. The van der Waals surface area contributed by atoms with E-state index in [-0.39, 0.29) is 24.0 Å². The number of nitrogens with zero attached hydrogens (tertiary/aromatic N) is 2. The van der Waals surface area contributed by atoms with Crippen LogP contribution in [-0.2, 0) is 4.79 Å². The number of aryl methyl sites for hydroxylation is 1. The third-order valence-corrected chi connectivity index (χ3v) is 5.11. The Balaban J connectivity index is 1.89. The van der Waals surface area contributed by atoms with Crippen molar-refractivity contribution in [3.8, 4) is 17.2 Å². The molecule has 3 aromatic rings. The molecule has 0 aliphatic carbocycles. The molecule has 6 nitrogen and oxygen atoms in total. The zero-order valence-electron chi connectivity index (χ0n) is 14.9. The molecule has 2 aromatic carbocycles. The SMILES string of the molecule is COc1cc(C2CC(=O)Nc3c2c(C)nn3-c2ccccc2Cl)ccc1O. The van der Waals surface area contributed by atoms with Gasteiger partial charge < -0.3 is 15.2 Å². The van der Waals surface area contributed by atoms with Crippen molar-refractivity contribution in [3.63, 3.8) is 0 Å². The Labute approximate surface area is 161 Å². The topological polar surface area (TPSA) is 76.4 Å². The van der Waals surface area contributed by atoms with Gasteiger partial charge in [0.15, 0.2) is 11.5 Å². The second-order valence-electron chi connectivity index (χ2n) is 6.45. The minimum absolute atomic E-state index is 0.0604. The highest BCUT2D eigenvalue weighted by atomic mass is 35.5. The first-order valence-electron chi connectivity index (χ1n) is 8.50. The molecule has 0 saturated heterocycles. The van der Waals surface area contributed by atoms with Crippen LogP contribution in [0.4, 0.5) is 5.82 Å². The Morgan fingerprint density at radius 1 is 1.30 bits per heavy atom. The van der Waals surface area contributed by atoms with Gasteiger partial charge >= 0.3 is 0 Å². The Morgan fingerprint density at radius 2 is 2.07 bits per heavy atom. The Morgan fingerprint density at radius 3 is 2.81 bits per heavy atom. The van der Waals surface area contributed by atoms with Gasteiger partial charge in [-0.05, 0) is 36.8 Å². The maximum atomic E-state index is 12.4. The molecule has 1 unspecified atom stereocenters. The molecule has 0 fully saturated rings. The van der Waals surface area contributed by atoms with E-state index < -0.39 is 0 Å². The van der Waals surface area contributed by atoms with Crippen LogP contribution in [0.5, 0.6) is 11.5 Å². The zero-order valence-corrected chi connectivity index (χ0v) is 15.6. The highest BCUT2D eigenvalue weighted by molar-refractivity contribution is 6.32. The summed E-state index contributed by atoms with van der Waals surface area (Å²) in [4.78, 5) is 12.4. The number of phenolic OH excluding ortho intramolecular Hbond substituents is 1. The van der Waals surface area contributed by atoms with Crippen LogP contribution in [0.2, 0.25) is 5.02 Å². The number of amides is 1. The number of benzene rings is 2. The lowest BCUT2D eigenvalue weighted by Gasteiger charge is -2.25. The summed E-state index contributed by atoms with van der Waals surface area (Å²) in [6, 6.07) is 12.5. The van der Waals surface area contributed by atoms with Gasteiger partial charge in [0.2, 0.25) is 5.91 Å². The number of para-hydroxylation sites is 1. The number of hydrogen-bond acceptors (Lipinski definition) is 4. The zero-order chi connectivity index (χ0) is 19.1. The summed E-state index contributed by atoms with van der Waals surface area (Å²) in [5, 5.41) is 18.0. The van der Waals surface area contributed by atoms with Gasteiger partial charge in [-0.15, -0.1) is 0 Å². The van der Waals surface area contributed by atoms with E-state index in [9.17, 15) is 9.90 Å². The van der Waals surface area contributed by atoms with Gasteiger partial charge in [0.25, 0.3) is 0 Å². The molecular weight excluding hydrogens is 366 g/mol.